The van der Waals surface area contributed by atoms with Gasteiger partial charge in [0, 0.05) is 31.4 Å². The van der Waals surface area contributed by atoms with Crippen molar-refractivity contribution in [1.29, 1.82) is 0 Å². The van der Waals surface area contributed by atoms with Crippen LogP contribution in [-0.4, -0.2) is 52.5 Å². The van der Waals surface area contributed by atoms with E-state index >= 15 is 0 Å². The zero-order valence-corrected chi connectivity index (χ0v) is 16.1. The number of amides is 1. The number of carboxylic acid groups (broad SMARTS) is 1. The fraction of sp³-hybridized carbons (Fsp3) is 0.667. The van der Waals surface area contributed by atoms with Crippen LogP contribution in [0.4, 0.5) is 5.82 Å². The van der Waals surface area contributed by atoms with Gasteiger partial charge in [-0.25, -0.2) is 9.78 Å². The summed E-state index contributed by atoms with van der Waals surface area (Å²) in [4.78, 5) is 33.8. The van der Waals surface area contributed by atoms with E-state index in [1.807, 2.05) is 11.8 Å². The molecule has 1 aliphatic carbocycles. The van der Waals surface area contributed by atoms with Crippen LogP contribution in [0.5, 0.6) is 0 Å². The molecule has 2 aliphatic heterocycles. The Morgan fingerprint density at radius 2 is 1.93 bits per heavy atom. The van der Waals surface area contributed by atoms with Crippen LogP contribution in [0.1, 0.15) is 67.4 Å². The Kier molecular flexibility index (Phi) is 4.82. The molecule has 1 saturated carbocycles. The van der Waals surface area contributed by atoms with Gasteiger partial charge in [0.1, 0.15) is 11.4 Å². The van der Waals surface area contributed by atoms with Crippen LogP contribution < -0.4 is 4.90 Å². The van der Waals surface area contributed by atoms with Crippen molar-refractivity contribution in [3.8, 4) is 0 Å². The van der Waals surface area contributed by atoms with E-state index in [0.717, 1.165) is 44.3 Å². The minimum absolute atomic E-state index is 0.227. The number of hydrogen-bond acceptors (Lipinski definition) is 4. The molecule has 4 rings (SSSR count). The fourth-order valence-corrected chi connectivity index (χ4v) is 5.22. The fourth-order valence-electron chi connectivity index (χ4n) is 5.22. The van der Waals surface area contributed by atoms with E-state index in [4.69, 9.17) is 0 Å². The summed E-state index contributed by atoms with van der Waals surface area (Å²) < 4.78 is 0. The molecule has 1 spiro atoms. The van der Waals surface area contributed by atoms with Crippen molar-refractivity contribution in [2.45, 2.75) is 64.3 Å². The molecule has 27 heavy (non-hydrogen) atoms. The maximum absolute atomic E-state index is 13.5. The highest BCUT2D eigenvalue weighted by Crippen LogP contribution is 2.43. The number of aromatic nitrogens is 1. The second kappa shape index (κ2) is 7.13. The van der Waals surface area contributed by atoms with E-state index in [2.05, 4.69) is 9.88 Å². The van der Waals surface area contributed by atoms with Crippen molar-refractivity contribution in [1.82, 2.24) is 9.88 Å². The molecule has 0 unspecified atom stereocenters. The second-order valence-electron chi connectivity index (χ2n) is 8.47. The van der Waals surface area contributed by atoms with Crippen LogP contribution in [-0.2, 0) is 4.79 Å². The maximum atomic E-state index is 13.5. The number of carbonyl (C=O) groups excluding carboxylic acids is 1. The largest absolute Gasteiger partial charge is 0.478 e. The van der Waals surface area contributed by atoms with E-state index in [1.165, 1.54) is 19.3 Å². The van der Waals surface area contributed by atoms with Gasteiger partial charge in [0.2, 0.25) is 5.91 Å². The van der Waals surface area contributed by atoms with Gasteiger partial charge in [-0.2, -0.15) is 0 Å². The lowest BCUT2D eigenvalue weighted by Crippen LogP contribution is -2.54. The predicted molar refractivity (Wildman–Crippen MR) is 103 cm³/mol. The first kappa shape index (κ1) is 18.3. The molecular formula is C21H29N3O3. The summed E-state index contributed by atoms with van der Waals surface area (Å²) in [5, 5.41) is 9.54. The Labute approximate surface area is 160 Å². The van der Waals surface area contributed by atoms with Gasteiger partial charge in [-0.1, -0.05) is 19.3 Å². The Hall–Kier alpha value is -2.11. The van der Waals surface area contributed by atoms with Crippen molar-refractivity contribution >= 4 is 17.7 Å². The topological polar surface area (TPSA) is 73.7 Å². The number of piperidine rings is 1. The van der Waals surface area contributed by atoms with Gasteiger partial charge >= 0.3 is 5.97 Å². The molecule has 0 bridgehead atoms. The van der Waals surface area contributed by atoms with Crippen LogP contribution in [0.3, 0.4) is 0 Å². The molecule has 3 aliphatic rings. The van der Waals surface area contributed by atoms with E-state index in [1.54, 1.807) is 12.1 Å². The van der Waals surface area contributed by atoms with Gasteiger partial charge in [-0.3, -0.25) is 4.79 Å². The van der Waals surface area contributed by atoms with Gasteiger partial charge in [0.25, 0.3) is 0 Å². The SMILES string of the molecule is Cc1ccc(C(=O)O)c(N2CC[C@@]3(CCCN(C4CCCCC4)C3=O)C2)n1. The number of pyridine rings is 1. The van der Waals surface area contributed by atoms with Gasteiger partial charge in [-0.15, -0.1) is 0 Å². The second-order valence-corrected chi connectivity index (χ2v) is 8.47. The van der Waals surface area contributed by atoms with Crippen molar-refractivity contribution in [2.24, 2.45) is 5.41 Å². The summed E-state index contributed by atoms with van der Waals surface area (Å²) in [5.41, 5.74) is 0.663. The Bertz CT molecular complexity index is 744. The zero-order chi connectivity index (χ0) is 19.0. The quantitative estimate of drug-likeness (QED) is 0.883. The monoisotopic (exact) mass is 371 g/mol. The number of likely N-dealkylation sites (tertiary alicyclic amines) is 1. The lowest BCUT2D eigenvalue weighted by atomic mass is 9.77. The molecule has 2 saturated heterocycles. The van der Waals surface area contributed by atoms with Gasteiger partial charge in [0.05, 0.1) is 5.41 Å². The summed E-state index contributed by atoms with van der Waals surface area (Å²) in [7, 11) is 0. The minimum atomic E-state index is -0.961. The highest BCUT2D eigenvalue weighted by atomic mass is 16.4. The average Bonchev–Trinajstić information content (AvgIpc) is 3.09. The van der Waals surface area contributed by atoms with Crippen molar-refractivity contribution in [3.63, 3.8) is 0 Å². The molecule has 1 N–H and O–H groups in total. The number of rotatable bonds is 3. The lowest BCUT2D eigenvalue weighted by Gasteiger charge is -2.44. The normalized spacial score (nSPS) is 26.8. The van der Waals surface area contributed by atoms with Gasteiger partial charge in [-0.05, 0) is 51.2 Å². The molecule has 1 aromatic rings. The number of carboxylic acids is 1. The van der Waals surface area contributed by atoms with Crippen molar-refractivity contribution < 1.29 is 14.7 Å². The Balaban J connectivity index is 1.57. The molecule has 6 heteroatoms. The molecule has 6 nitrogen and oxygen atoms in total. The first-order valence-corrected chi connectivity index (χ1v) is 10.3. The zero-order valence-electron chi connectivity index (χ0n) is 16.1. The number of nitrogens with zero attached hydrogens (tertiary/aromatic N) is 3. The van der Waals surface area contributed by atoms with E-state index < -0.39 is 5.97 Å². The van der Waals surface area contributed by atoms with E-state index in [0.29, 0.717) is 30.9 Å². The molecule has 0 aromatic carbocycles. The number of carbonyl (C=O) groups is 2. The lowest BCUT2D eigenvalue weighted by molar-refractivity contribution is -0.148. The smallest absolute Gasteiger partial charge is 0.339 e. The third-order valence-electron chi connectivity index (χ3n) is 6.68. The Morgan fingerprint density at radius 3 is 2.67 bits per heavy atom. The van der Waals surface area contributed by atoms with Crippen molar-refractivity contribution in [2.75, 3.05) is 24.5 Å². The summed E-state index contributed by atoms with van der Waals surface area (Å²) in [5.74, 6) is -0.146. The summed E-state index contributed by atoms with van der Waals surface area (Å²) in [6.07, 6.45) is 8.74. The van der Waals surface area contributed by atoms with Gasteiger partial charge in [0.15, 0.2) is 0 Å². The molecule has 3 fully saturated rings. The van der Waals surface area contributed by atoms with Crippen LogP contribution in [0.15, 0.2) is 12.1 Å². The van der Waals surface area contributed by atoms with Crippen LogP contribution in [0, 0.1) is 12.3 Å². The molecule has 1 aromatic heterocycles. The summed E-state index contributed by atoms with van der Waals surface area (Å²) in [6.45, 7) is 4.04. The highest BCUT2D eigenvalue weighted by Gasteiger charge is 2.50. The molecule has 1 atom stereocenters. The van der Waals surface area contributed by atoms with E-state index in [9.17, 15) is 14.7 Å². The highest BCUT2D eigenvalue weighted by molar-refractivity contribution is 5.94. The molecular weight excluding hydrogens is 342 g/mol. The maximum Gasteiger partial charge on any atom is 0.339 e. The van der Waals surface area contributed by atoms with Crippen LogP contribution in [0.2, 0.25) is 0 Å². The van der Waals surface area contributed by atoms with Gasteiger partial charge < -0.3 is 14.9 Å². The third kappa shape index (κ3) is 3.30. The molecule has 1 amide bonds. The molecule has 3 heterocycles. The predicted octanol–water partition coefficient (Wildman–Crippen LogP) is 3.24. The average molecular weight is 371 g/mol. The number of aryl methyl sites for hydroxylation is 1. The number of anilines is 1. The number of aromatic carboxylic acids is 1. The van der Waals surface area contributed by atoms with Crippen molar-refractivity contribution in [3.05, 3.63) is 23.4 Å². The first-order valence-electron chi connectivity index (χ1n) is 10.3. The third-order valence-corrected chi connectivity index (χ3v) is 6.68. The summed E-state index contributed by atoms with van der Waals surface area (Å²) in [6, 6.07) is 3.77. The Morgan fingerprint density at radius 1 is 1.15 bits per heavy atom. The van der Waals surface area contributed by atoms with Crippen LogP contribution in [0.25, 0.3) is 0 Å². The first-order chi connectivity index (χ1) is 13.0. The van der Waals surface area contributed by atoms with Crippen LogP contribution >= 0.6 is 0 Å². The van der Waals surface area contributed by atoms with E-state index in [-0.39, 0.29) is 11.0 Å². The standard InChI is InChI=1S/C21H29N3O3/c1-15-8-9-17(19(25)26)18(22-15)23-13-11-21(14-23)10-5-12-24(20(21)27)16-6-3-2-4-7-16/h8-9,16H,2-7,10-14H2,1H3,(H,25,26)/t21-/m0/s1. The number of hydrogen-bond donors (Lipinski definition) is 1. The molecule has 146 valence electrons. The minimum Gasteiger partial charge on any atom is -0.478 e. The molecule has 0 radical (unpaired) electrons. The summed E-state index contributed by atoms with van der Waals surface area (Å²) >= 11 is 0.